The average molecular weight is 456 g/mol. The molecule has 6 nitrogen and oxygen atoms in total. The van der Waals surface area contributed by atoms with E-state index in [0.717, 1.165) is 27.7 Å². The fourth-order valence-corrected chi connectivity index (χ4v) is 4.81. The third-order valence-electron chi connectivity index (χ3n) is 6.04. The third kappa shape index (κ3) is 4.32. The van der Waals surface area contributed by atoms with E-state index in [0.29, 0.717) is 18.1 Å². The van der Waals surface area contributed by atoms with Crippen LogP contribution in [0.3, 0.4) is 0 Å². The van der Waals surface area contributed by atoms with Gasteiger partial charge in [-0.25, -0.2) is 0 Å². The molecule has 4 aromatic rings. The van der Waals surface area contributed by atoms with Crippen LogP contribution in [-0.4, -0.2) is 32.0 Å². The van der Waals surface area contributed by atoms with Crippen LogP contribution in [0.15, 0.2) is 85.3 Å². The molecule has 3 heterocycles. The smallest absolute Gasteiger partial charge is 0.226 e. The summed E-state index contributed by atoms with van der Waals surface area (Å²) in [6.45, 7) is 0.505. The number of anilines is 1. The van der Waals surface area contributed by atoms with Crippen LogP contribution >= 0.6 is 12.2 Å². The highest BCUT2D eigenvalue weighted by Crippen LogP contribution is 2.38. The first-order valence-electron chi connectivity index (χ1n) is 11.0. The molecule has 2 aromatic carbocycles. The zero-order chi connectivity index (χ0) is 22.8. The van der Waals surface area contributed by atoms with Crippen molar-refractivity contribution in [1.82, 2.24) is 19.8 Å². The SMILES string of the molecule is Cn1ccc(C2C(c3ccccn3)NC(=S)N2CCC(=O)Nc2cccc3ccccc23)c1. The molecule has 166 valence electrons. The molecule has 0 bridgehead atoms. The summed E-state index contributed by atoms with van der Waals surface area (Å²) >= 11 is 5.69. The molecular formula is C26H25N5OS. The number of aromatic nitrogens is 2. The first-order chi connectivity index (χ1) is 16.1. The summed E-state index contributed by atoms with van der Waals surface area (Å²) in [5, 5.41) is 9.28. The second kappa shape index (κ2) is 9.03. The van der Waals surface area contributed by atoms with Crippen molar-refractivity contribution in [2.45, 2.75) is 18.5 Å². The number of nitrogens with one attached hydrogen (secondary N) is 2. The second-order valence-corrected chi connectivity index (χ2v) is 8.64. The number of benzene rings is 2. The molecule has 2 aromatic heterocycles. The van der Waals surface area contributed by atoms with E-state index in [9.17, 15) is 4.79 Å². The van der Waals surface area contributed by atoms with Gasteiger partial charge in [-0.05, 0) is 47.4 Å². The topological polar surface area (TPSA) is 62.2 Å². The Balaban J connectivity index is 1.35. The standard InChI is InChI=1S/C26H25N5OS/c1-30-15-12-19(17-30)25-24(22-10-4-5-14-27-22)29-26(33)31(25)16-13-23(32)28-21-11-6-8-18-7-2-3-9-20(18)21/h2-12,14-15,17,24-25H,13,16H2,1H3,(H,28,32)(H,29,33). The van der Waals surface area contributed by atoms with E-state index in [-0.39, 0.29) is 18.0 Å². The van der Waals surface area contributed by atoms with Gasteiger partial charge < -0.3 is 20.1 Å². The van der Waals surface area contributed by atoms with Gasteiger partial charge in [-0.2, -0.15) is 0 Å². The molecule has 0 spiro atoms. The molecule has 5 rings (SSSR count). The Bertz CT molecular complexity index is 1300. The minimum Gasteiger partial charge on any atom is -0.357 e. The van der Waals surface area contributed by atoms with Crippen molar-refractivity contribution in [2.24, 2.45) is 7.05 Å². The summed E-state index contributed by atoms with van der Waals surface area (Å²) in [5.41, 5.74) is 2.89. The first kappa shape index (κ1) is 21.2. The van der Waals surface area contributed by atoms with Gasteiger partial charge in [-0.3, -0.25) is 9.78 Å². The van der Waals surface area contributed by atoms with Gasteiger partial charge >= 0.3 is 0 Å². The van der Waals surface area contributed by atoms with E-state index in [1.807, 2.05) is 78.5 Å². The summed E-state index contributed by atoms with van der Waals surface area (Å²) in [6.07, 6.45) is 6.24. The van der Waals surface area contributed by atoms with Crippen LogP contribution in [-0.2, 0) is 11.8 Å². The Labute approximate surface area is 198 Å². The number of carbonyl (C=O) groups excluding carboxylic acids is 1. The van der Waals surface area contributed by atoms with Crippen LogP contribution in [0.2, 0.25) is 0 Å². The lowest BCUT2D eigenvalue weighted by Gasteiger charge is -2.27. The van der Waals surface area contributed by atoms with Crippen LogP contribution in [0.1, 0.15) is 29.8 Å². The monoisotopic (exact) mass is 455 g/mol. The highest BCUT2D eigenvalue weighted by Gasteiger charge is 2.40. The van der Waals surface area contributed by atoms with Crippen molar-refractivity contribution in [3.05, 3.63) is 96.6 Å². The lowest BCUT2D eigenvalue weighted by Crippen LogP contribution is -2.32. The van der Waals surface area contributed by atoms with Gasteiger partial charge in [0.1, 0.15) is 0 Å². The maximum absolute atomic E-state index is 12.9. The van der Waals surface area contributed by atoms with Crippen LogP contribution in [0, 0.1) is 0 Å². The zero-order valence-electron chi connectivity index (χ0n) is 18.3. The quantitative estimate of drug-likeness (QED) is 0.417. The van der Waals surface area contributed by atoms with Crippen LogP contribution in [0.5, 0.6) is 0 Å². The van der Waals surface area contributed by atoms with E-state index in [1.54, 1.807) is 6.20 Å². The van der Waals surface area contributed by atoms with Gasteiger partial charge in [0.25, 0.3) is 0 Å². The van der Waals surface area contributed by atoms with Gasteiger partial charge in [0.05, 0.1) is 17.8 Å². The Morgan fingerprint density at radius 3 is 2.70 bits per heavy atom. The van der Waals surface area contributed by atoms with E-state index >= 15 is 0 Å². The zero-order valence-corrected chi connectivity index (χ0v) is 19.1. The van der Waals surface area contributed by atoms with E-state index < -0.39 is 0 Å². The van der Waals surface area contributed by atoms with Crippen molar-refractivity contribution in [3.63, 3.8) is 0 Å². The molecule has 2 unspecified atom stereocenters. The third-order valence-corrected chi connectivity index (χ3v) is 6.39. The van der Waals surface area contributed by atoms with Gasteiger partial charge in [0, 0.05) is 49.7 Å². The number of rotatable bonds is 6. The molecule has 0 saturated carbocycles. The number of aryl methyl sites for hydroxylation is 1. The van der Waals surface area contributed by atoms with Crippen molar-refractivity contribution >= 4 is 39.7 Å². The van der Waals surface area contributed by atoms with Gasteiger partial charge in [0.15, 0.2) is 5.11 Å². The summed E-state index contributed by atoms with van der Waals surface area (Å²) < 4.78 is 2.03. The number of fused-ring (bicyclic) bond motifs is 1. The number of thiocarbonyl (C=S) groups is 1. The summed E-state index contributed by atoms with van der Waals surface area (Å²) in [6, 6.07) is 21.8. The largest absolute Gasteiger partial charge is 0.357 e. The van der Waals surface area contributed by atoms with E-state index in [2.05, 4.69) is 32.8 Å². The summed E-state index contributed by atoms with van der Waals surface area (Å²) in [7, 11) is 2.00. The molecule has 2 N–H and O–H groups in total. The number of carbonyl (C=O) groups is 1. The lowest BCUT2D eigenvalue weighted by molar-refractivity contribution is -0.116. The highest BCUT2D eigenvalue weighted by molar-refractivity contribution is 7.80. The van der Waals surface area contributed by atoms with Crippen molar-refractivity contribution < 1.29 is 4.79 Å². The number of pyridine rings is 1. The highest BCUT2D eigenvalue weighted by atomic mass is 32.1. The average Bonchev–Trinajstić information content (AvgIpc) is 3.41. The maximum Gasteiger partial charge on any atom is 0.226 e. The van der Waals surface area contributed by atoms with E-state index in [1.165, 1.54) is 0 Å². The summed E-state index contributed by atoms with van der Waals surface area (Å²) in [5.74, 6) is -0.0396. The number of amides is 1. The molecule has 0 aliphatic carbocycles. The number of nitrogens with zero attached hydrogens (tertiary/aromatic N) is 3. The van der Waals surface area contributed by atoms with Crippen LogP contribution < -0.4 is 10.6 Å². The van der Waals surface area contributed by atoms with Gasteiger partial charge in [0.2, 0.25) is 5.91 Å². The fourth-order valence-electron chi connectivity index (χ4n) is 4.48. The molecule has 1 saturated heterocycles. The Morgan fingerprint density at radius 1 is 1.09 bits per heavy atom. The molecular weight excluding hydrogens is 430 g/mol. The Kier molecular flexibility index (Phi) is 5.79. The predicted molar refractivity (Wildman–Crippen MR) is 135 cm³/mol. The second-order valence-electron chi connectivity index (χ2n) is 8.26. The Morgan fingerprint density at radius 2 is 1.91 bits per heavy atom. The van der Waals surface area contributed by atoms with Gasteiger partial charge in [-0.15, -0.1) is 0 Å². The molecule has 1 aliphatic heterocycles. The molecule has 1 aliphatic rings. The molecule has 2 atom stereocenters. The number of hydrogen-bond donors (Lipinski definition) is 2. The lowest BCUT2D eigenvalue weighted by atomic mass is 9.99. The minimum atomic E-state index is -0.0813. The van der Waals surface area contributed by atoms with Crippen molar-refractivity contribution in [1.29, 1.82) is 0 Å². The van der Waals surface area contributed by atoms with Crippen molar-refractivity contribution in [3.8, 4) is 0 Å². The number of hydrogen-bond acceptors (Lipinski definition) is 3. The molecule has 0 radical (unpaired) electrons. The fraction of sp³-hybridized carbons (Fsp3) is 0.192. The van der Waals surface area contributed by atoms with E-state index in [4.69, 9.17) is 12.2 Å². The minimum absolute atomic E-state index is 0.0396. The predicted octanol–water partition coefficient (Wildman–Crippen LogP) is 4.57. The van der Waals surface area contributed by atoms with Gasteiger partial charge in [-0.1, -0.05) is 42.5 Å². The van der Waals surface area contributed by atoms with Crippen molar-refractivity contribution in [2.75, 3.05) is 11.9 Å². The van der Waals surface area contributed by atoms with Crippen LogP contribution in [0.25, 0.3) is 10.8 Å². The van der Waals surface area contributed by atoms with Crippen LogP contribution in [0.4, 0.5) is 5.69 Å². The molecule has 7 heteroatoms. The molecule has 33 heavy (non-hydrogen) atoms. The first-order valence-corrected chi connectivity index (χ1v) is 11.4. The maximum atomic E-state index is 12.9. The normalized spacial score (nSPS) is 17.8. The molecule has 1 amide bonds. The molecule has 1 fully saturated rings. The Hall–Kier alpha value is -3.71. The summed E-state index contributed by atoms with van der Waals surface area (Å²) in [4.78, 5) is 19.6.